The van der Waals surface area contributed by atoms with E-state index in [9.17, 15) is 19.8 Å². The van der Waals surface area contributed by atoms with Crippen molar-refractivity contribution in [3.63, 3.8) is 0 Å². The van der Waals surface area contributed by atoms with Gasteiger partial charge < -0.3 is 20.4 Å². The highest BCUT2D eigenvalue weighted by Crippen LogP contribution is 2.21. The van der Waals surface area contributed by atoms with Crippen molar-refractivity contribution >= 4 is 12.0 Å². The van der Waals surface area contributed by atoms with Crippen LogP contribution in [0.4, 0.5) is 4.79 Å². The minimum atomic E-state index is -1.14. The van der Waals surface area contributed by atoms with Crippen molar-refractivity contribution in [2.75, 3.05) is 13.1 Å². The first-order valence-electron chi connectivity index (χ1n) is 6.78. The van der Waals surface area contributed by atoms with Crippen LogP contribution < -0.4 is 5.32 Å². The molecule has 0 saturated carbocycles. The molecule has 0 spiro atoms. The van der Waals surface area contributed by atoms with Gasteiger partial charge in [0.2, 0.25) is 0 Å². The summed E-state index contributed by atoms with van der Waals surface area (Å²) < 4.78 is 1.48. The molecule has 1 unspecified atom stereocenters. The Hall–Kier alpha value is -2.09. The Labute approximate surface area is 122 Å². The molecule has 1 fully saturated rings. The van der Waals surface area contributed by atoms with Gasteiger partial charge in [-0.3, -0.25) is 4.68 Å². The Morgan fingerprint density at radius 2 is 2.05 bits per heavy atom. The number of carbonyl (C=O) groups is 2. The maximum Gasteiger partial charge on any atom is 0.331 e. The largest absolute Gasteiger partial charge is 0.479 e. The van der Waals surface area contributed by atoms with Gasteiger partial charge in [0.1, 0.15) is 0 Å². The molecule has 116 valence electrons. The topological polar surface area (TPSA) is 108 Å². The van der Waals surface area contributed by atoms with Crippen LogP contribution in [-0.2, 0) is 11.8 Å². The first-order chi connectivity index (χ1) is 9.78. The van der Waals surface area contributed by atoms with Gasteiger partial charge in [0, 0.05) is 31.9 Å². The van der Waals surface area contributed by atoms with Crippen molar-refractivity contribution in [3.05, 3.63) is 18.0 Å². The predicted molar refractivity (Wildman–Crippen MR) is 73.5 cm³/mol. The monoisotopic (exact) mass is 296 g/mol. The molecule has 2 heterocycles. The van der Waals surface area contributed by atoms with E-state index < -0.39 is 23.6 Å². The number of aliphatic hydroxyl groups is 1. The zero-order valence-corrected chi connectivity index (χ0v) is 12.1. The molecule has 1 aromatic heterocycles. The lowest BCUT2D eigenvalue weighted by molar-refractivity contribution is -0.139. The summed E-state index contributed by atoms with van der Waals surface area (Å²) in [4.78, 5) is 25.0. The molecule has 0 aromatic carbocycles. The summed E-state index contributed by atoms with van der Waals surface area (Å²) in [6, 6.07) is -1.57. The molecule has 0 aliphatic carbocycles. The molecule has 1 aromatic rings. The molecule has 1 atom stereocenters. The Bertz CT molecular complexity index is 530. The molecule has 3 N–H and O–H groups in total. The maximum atomic E-state index is 12.1. The van der Waals surface area contributed by atoms with Gasteiger partial charge in [-0.25, -0.2) is 9.59 Å². The van der Waals surface area contributed by atoms with Crippen molar-refractivity contribution in [1.29, 1.82) is 0 Å². The minimum Gasteiger partial charge on any atom is -0.479 e. The van der Waals surface area contributed by atoms with E-state index in [0.717, 1.165) is 0 Å². The van der Waals surface area contributed by atoms with E-state index in [2.05, 4.69) is 10.4 Å². The first-order valence-corrected chi connectivity index (χ1v) is 6.78. The average molecular weight is 296 g/mol. The molecular weight excluding hydrogens is 276 g/mol. The maximum absolute atomic E-state index is 12.1. The number of piperidine rings is 1. The molecule has 2 rings (SSSR count). The van der Waals surface area contributed by atoms with Crippen molar-refractivity contribution in [2.24, 2.45) is 7.05 Å². The van der Waals surface area contributed by atoms with E-state index in [1.165, 1.54) is 15.8 Å². The number of rotatable bonds is 3. The van der Waals surface area contributed by atoms with Crippen LogP contribution in [0.2, 0.25) is 0 Å². The van der Waals surface area contributed by atoms with Gasteiger partial charge in [-0.05, 0) is 19.8 Å². The van der Waals surface area contributed by atoms with Crippen LogP contribution in [0.25, 0.3) is 0 Å². The number of carboxylic acid groups (broad SMARTS) is 1. The average Bonchev–Trinajstić information content (AvgIpc) is 2.81. The zero-order chi connectivity index (χ0) is 15.6. The summed E-state index contributed by atoms with van der Waals surface area (Å²) in [5, 5.41) is 25.5. The molecule has 8 heteroatoms. The van der Waals surface area contributed by atoms with Gasteiger partial charge in [-0.2, -0.15) is 5.10 Å². The number of carboxylic acids is 1. The number of aliphatic carboxylic acids is 1. The number of nitrogens with zero attached hydrogens (tertiary/aromatic N) is 3. The molecular formula is C13H20N4O4. The number of hydrogen-bond donors (Lipinski definition) is 3. The van der Waals surface area contributed by atoms with Crippen LogP contribution in [0, 0.1) is 0 Å². The lowest BCUT2D eigenvalue weighted by Gasteiger charge is -2.36. The molecule has 8 nitrogen and oxygen atoms in total. The Morgan fingerprint density at radius 3 is 2.52 bits per heavy atom. The lowest BCUT2D eigenvalue weighted by Crippen LogP contribution is -2.50. The van der Waals surface area contributed by atoms with Crippen molar-refractivity contribution in [1.82, 2.24) is 20.0 Å². The SMILES string of the molecule is Cn1cc(C(NC(=O)N2CCC(C)(O)CC2)C(=O)O)cn1. The van der Waals surface area contributed by atoms with E-state index in [1.807, 2.05) is 0 Å². The summed E-state index contributed by atoms with van der Waals surface area (Å²) in [6.07, 6.45) is 3.93. The summed E-state index contributed by atoms with van der Waals surface area (Å²) >= 11 is 0. The highest BCUT2D eigenvalue weighted by Gasteiger charge is 2.32. The predicted octanol–water partition coefficient (Wildman–Crippen LogP) is 0.102. The third kappa shape index (κ3) is 3.72. The van der Waals surface area contributed by atoms with Gasteiger partial charge in [-0.1, -0.05) is 0 Å². The second kappa shape index (κ2) is 5.72. The number of likely N-dealkylation sites (tertiary alicyclic amines) is 1. The molecule has 0 bridgehead atoms. The second-order valence-electron chi connectivity index (χ2n) is 5.65. The molecule has 2 amide bonds. The van der Waals surface area contributed by atoms with E-state index in [1.54, 1.807) is 20.2 Å². The standard InChI is InChI=1S/C13H20N4O4/c1-13(21)3-5-17(6-4-13)12(20)15-10(11(18)19)9-7-14-16(2)8-9/h7-8,10,21H,3-6H2,1-2H3,(H,15,20)(H,18,19). The fraction of sp³-hybridized carbons (Fsp3) is 0.615. The number of aryl methyl sites for hydroxylation is 1. The van der Waals surface area contributed by atoms with Crippen LogP contribution in [0.3, 0.4) is 0 Å². The van der Waals surface area contributed by atoms with E-state index >= 15 is 0 Å². The third-order valence-electron chi connectivity index (χ3n) is 3.70. The van der Waals surface area contributed by atoms with Crippen molar-refractivity contribution in [2.45, 2.75) is 31.4 Å². The highest BCUT2D eigenvalue weighted by molar-refractivity contribution is 5.83. The van der Waals surface area contributed by atoms with E-state index in [-0.39, 0.29) is 0 Å². The number of aromatic nitrogens is 2. The van der Waals surface area contributed by atoms with Crippen LogP contribution in [0.15, 0.2) is 12.4 Å². The molecule has 21 heavy (non-hydrogen) atoms. The first kappa shape index (κ1) is 15.3. The second-order valence-corrected chi connectivity index (χ2v) is 5.65. The van der Waals surface area contributed by atoms with Gasteiger partial charge in [-0.15, -0.1) is 0 Å². The summed E-state index contributed by atoms with van der Waals surface area (Å²) in [5.74, 6) is -1.14. The molecule has 1 saturated heterocycles. The lowest BCUT2D eigenvalue weighted by atomic mass is 9.94. The van der Waals surface area contributed by atoms with Crippen molar-refractivity contribution in [3.8, 4) is 0 Å². The molecule has 1 aliphatic heterocycles. The zero-order valence-electron chi connectivity index (χ0n) is 12.1. The van der Waals surface area contributed by atoms with Crippen LogP contribution in [0.1, 0.15) is 31.4 Å². The third-order valence-corrected chi connectivity index (χ3v) is 3.70. The number of urea groups is 1. The normalized spacial score (nSPS) is 19.1. The summed E-state index contributed by atoms with van der Waals surface area (Å²) in [6.45, 7) is 2.54. The van der Waals surface area contributed by atoms with E-state index in [4.69, 9.17) is 0 Å². The van der Waals surface area contributed by atoms with Crippen molar-refractivity contribution < 1.29 is 19.8 Å². The summed E-state index contributed by atoms with van der Waals surface area (Å²) in [7, 11) is 1.68. The number of hydrogen-bond acceptors (Lipinski definition) is 4. The van der Waals surface area contributed by atoms with Gasteiger partial charge >= 0.3 is 12.0 Å². The van der Waals surface area contributed by atoms with Crippen LogP contribution in [-0.4, -0.2) is 55.6 Å². The minimum absolute atomic E-state index is 0.401. The van der Waals surface area contributed by atoms with Crippen LogP contribution >= 0.6 is 0 Å². The number of carbonyl (C=O) groups excluding carboxylic acids is 1. The molecule has 0 radical (unpaired) electrons. The fourth-order valence-corrected chi connectivity index (χ4v) is 2.28. The Balaban J connectivity index is 2.01. The number of nitrogens with one attached hydrogen (secondary N) is 1. The van der Waals surface area contributed by atoms with Gasteiger partial charge in [0.15, 0.2) is 6.04 Å². The Morgan fingerprint density at radius 1 is 1.43 bits per heavy atom. The van der Waals surface area contributed by atoms with Gasteiger partial charge in [0.25, 0.3) is 0 Å². The highest BCUT2D eigenvalue weighted by atomic mass is 16.4. The van der Waals surface area contributed by atoms with Gasteiger partial charge in [0.05, 0.1) is 11.8 Å². The smallest absolute Gasteiger partial charge is 0.331 e. The Kier molecular flexibility index (Phi) is 4.17. The van der Waals surface area contributed by atoms with E-state index in [0.29, 0.717) is 31.5 Å². The van der Waals surface area contributed by atoms with Crippen LogP contribution in [0.5, 0.6) is 0 Å². The summed E-state index contributed by atoms with van der Waals surface area (Å²) in [5.41, 5.74) is -0.339. The fourth-order valence-electron chi connectivity index (χ4n) is 2.28. The number of amides is 2. The quantitative estimate of drug-likeness (QED) is 0.733. The molecule has 1 aliphatic rings.